The summed E-state index contributed by atoms with van der Waals surface area (Å²) >= 11 is 3.31. The Morgan fingerprint density at radius 2 is 2.00 bits per heavy atom. The molecule has 1 rings (SSSR count). The van der Waals surface area contributed by atoms with Crippen LogP contribution in [0.2, 0.25) is 0 Å². The SMILES string of the molecule is CC(c1ccc(F)cc1Br)N(C)C(=O)OC(C)(C)C. The van der Waals surface area contributed by atoms with Gasteiger partial charge in [-0.15, -0.1) is 0 Å². The van der Waals surface area contributed by atoms with Gasteiger partial charge >= 0.3 is 6.09 Å². The van der Waals surface area contributed by atoms with Gasteiger partial charge in [-0.05, 0) is 45.4 Å². The van der Waals surface area contributed by atoms with Gasteiger partial charge in [0.2, 0.25) is 0 Å². The van der Waals surface area contributed by atoms with Crippen LogP contribution in [0.1, 0.15) is 39.3 Å². The molecule has 1 aromatic rings. The Balaban J connectivity index is 2.87. The topological polar surface area (TPSA) is 29.5 Å². The monoisotopic (exact) mass is 331 g/mol. The summed E-state index contributed by atoms with van der Waals surface area (Å²) in [5, 5.41) is 0. The molecule has 0 aromatic heterocycles. The molecule has 3 nitrogen and oxygen atoms in total. The molecule has 0 heterocycles. The highest BCUT2D eigenvalue weighted by atomic mass is 79.9. The van der Waals surface area contributed by atoms with Crippen LogP contribution in [0.4, 0.5) is 9.18 Å². The van der Waals surface area contributed by atoms with Crippen molar-refractivity contribution < 1.29 is 13.9 Å². The summed E-state index contributed by atoms with van der Waals surface area (Å²) in [5.41, 5.74) is 0.292. The van der Waals surface area contributed by atoms with Crippen LogP contribution in [0.25, 0.3) is 0 Å². The van der Waals surface area contributed by atoms with E-state index < -0.39 is 11.7 Å². The lowest BCUT2D eigenvalue weighted by molar-refractivity contribution is 0.0233. The molecule has 1 atom stereocenters. The number of carbonyl (C=O) groups excluding carboxylic acids is 1. The fourth-order valence-corrected chi connectivity index (χ4v) is 2.22. The normalized spacial score (nSPS) is 13.0. The predicted molar refractivity (Wildman–Crippen MR) is 76.5 cm³/mol. The van der Waals surface area contributed by atoms with Crippen LogP contribution >= 0.6 is 15.9 Å². The molecule has 0 bridgehead atoms. The zero-order valence-electron chi connectivity index (χ0n) is 11.8. The average molecular weight is 332 g/mol. The fraction of sp³-hybridized carbons (Fsp3) is 0.500. The first kappa shape index (κ1) is 16.0. The second-order valence-corrected chi connectivity index (χ2v) is 6.29. The molecule has 1 amide bonds. The van der Waals surface area contributed by atoms with Crippen LogP contribution in [0.3, 0.4) is 0 Å². The van der Waals surface area contributed by atoms with Crippen molar-refractivity contribution in [2.45, 2.75) is 39.3 Å². The molecule has 0 aliphatic carbocycles. The van der Waals surface area contributed by atoms with Gasteiger partial charge in [-0.25, -0.2) is 9.18 Å². The van der Waals surface area contributed by atoms with Gasteiger partial charge in [0.05, 0.1) is 6.04 Å². The summed E-state index contributed by atoms with van der Waals surface area (Å²) < 4.78 is 19.0. The summed E-state index contributed by atoms with van der Waals surface area (Å²) in [5.74, 6) is -0.317. The number of nitrogens with zero attached hydrogens (tertiary/aromatic N) is 1. The van der Waals surface area contributed by atoms with E-state index in [-0.39, 0.29) is 11.9 Å². The highest BCUT2D eigenvalue weighted by Gasteiger charge is 2.24. The molecule has 0 aliphatic heterocycles. The standard InChI is InChI=1S/C14H19BrFNO2/c1-9(11-7-6-10(16)8-12(11)15)17(5)13(18)19-14(2,3)4/h6-9H,1-5H3. The number of hydrogen-bond acceptors (Lipinski definition) is 2. The van der Waals surface area contributed by atoms with E-state index in [1.54, 1.807) is 13.1 Å². The Morgan fingerprint density at radius 3 is 2.47 bits per heavy atom. The van der Waals surface area contributed by atoms with E-state index in [0.717, 1.165) is 5.56 Å². The second-order valence-electron chi connectivity index (χ2n) is 5.43. The van der Waals surface area contributed by atoms with Gasteiger partial charge in [0.15, 0.2) is 0 Å². The van der Waals surface area contributed by atoms with Crippen LogP contribution in [0.15, 0.2) is 22.7 Å². The van der Waals surface area contributed by atoms with Crippen LogP contribution in [-0.4, -0.2) is 23.6 Å². The number of hydrogen-bond donors (Lipinski definition) is 0. The molecule has 0 aliphatic rings. The number of amides is 1. The van der Waals surface area contributed by atoms with Crippen molar-refractivity contribution in [1.82, 2.24) is 4.90 Å². The maximum absolute atomic E-state index is 13.1. The lowest BCUT2D eigenvalue weighted by atomic mass is 10.1. The summed E-state index contributed by atoms with van der Waals surface area (Å²) in [6.45, 7) is 7.31. The van der Waals surface area contributed by atoms with Crippen molar-refractivity contribution in [1.29, 1.82) is 0 Å². The fourth-order valence-electron chi connectivity index (χ4n) is 1.54. The minimum atomic E-state index is -0.537. The van der Waals surface area contributed by atoms with Gasteiger partial charge < -0.3 is 9.64 Å². The molecule has 0 saturated heterocycles. The maximum atomic E-state index is 13.1. The third-order valence-corrected chi connectivity index (χ3v) is 3.36. The average Bonchev–Trinajstić information content (AvgIpc) is 2.24. The Morgan fingerprint density at radius 1 is 1.42 bits per heavy atom. The number of rotatable bonds is 2. The Kier molecular flexibility index (Phi) is 4.96. The van der Waals surface area contributed by atoms with Crippen LogP contribution in [0.5, 0.6) is 0 Å². The van der Waals surface area contributed by atoms with E-state index in [9.17, 15) is 9.18 Å². The molecule has 106 valence electrons. The van der Waals surface area contributed by atoms with Gasteiger partial charge in [-0.1, -0.05) is 22.0 Å². The number of benzene rings is 1. The summed E-state index contributed by atoms with van der Waals surface area (Å²) in [7, 11) is 1.66. The smallest absolute Gasteiger partial charge is 0.410 e. The maximum Gasteiger partial charge on any atom is 0.410 e. The summed E-state index contributed by atoms with van der Waals surface area (Å²) in [6.07, 6.45) is -0.406. The molecule has 1 unspecified atom stereocenters. The quantitative estimate of drug-likeness (QED) is 0.797. The molecule has 0 radical (unpaired) electrons. The van der Waals surface area contributed by atoms with Crippen molar-refractivity contribution in [3.8, 4) is 0 Å². The predicted octanol–water partition coefficient (Wildman–Crippen LogP) is 4.52. The van der Waals surface area contributed by atoms with Gasteiger partial charge in [0.1, 0.15) is 11.4 Å². The third kappa shape index (κ3) is 4.49. The number of ether oxygens (including phenoxy) is 1. The van der Waals surface area contributed by atoms with E-state index in [4.69, 9.17) is 4.74 Å². The summed E-state index contributed by atoms with van der Waals surface area (Å²) in [6, 6.07) is 4.20. The molecule has 5 heteroatoms. The zero-order chi connectivity index (χ0) is 14.8. The van der Waals surface area contributed by atoms with E-state index in [0.29, 0.717) is 4.47 Å². The lowest BCUT2D eigenvalue weighted by Crippen LogP contribution is -2.35. The second kappa shape index (κ2) is 5.90. The van der Waals surface area contributed by atoms with E-state index in [1.807, 2.05) is 27.7 Å². The molecule has 0 spiro atoms. The van der Waals surface area contributed by atoms with Crippen molar-refractivity contribution in [2.75, 3.05) is 7.05 Å². The van der Waals surface area contributed by atoms with Gasteiger partial charge in [-0.2, -0.15) is 0 Å². The van der Waals surface area contributed by atoms with Crippen molar-refractivity contribution in [3.05, 3.63) is 34.1 Å². The first-order valence-electron chi connectivity index (χ1n) is 6.02. The van der Waals surface area contributed by atoms with Gasteiger partial charge in [0, 0.05) is 11.5 Å². The highest BCUT2D eigenvalue weighted by Crippen LogP contribution is 2.28. The molecule has 0 fully saturated rings. The Hall–Kier alpha value is -1.10. The van der Waals surface area contributed by atoms with E-state index in [1.165, 1.54) is 17.0 Å². The van der Waals surface area contributed by atoms with E-state index in [2.05, 4.69) is 15.9 Å². The molecule has 1 aromatic carbocycles. The zero-order valence-corrected chi connectivity index (χ0v) is 13.4. The summed E-state index contributed by atoms with van der Waals surface area (Å²) in [4.78, 5) is 13.5. The van der Waals surface area contributed by atoms with Crippen molar-refractivity contribution in [3.63, 3.8) is 0 Å². The molecule has 0 N–H and O–H groups in total. The number of halogens is 2. The molecule has 19 heavy (non-hydrogen) atoms. The van der Waals surface area contributed by atoms with Crippen molar-refractivity contribution >= 4 is 22.0 Å². The number of carbonyl (C=O) groups is 1. The minimum absolute atomic E-state index is 0.218. The molecular formula is C14H19BrFNO2. The Labute approximate surface area is 121 Å². The highest BCUT2D eigenvalue weighted by molar-refractivity contribution is 9.10. The van der Waals surface area contributed by atoms with Gasteiger partial charge in [-0.3, -0.25) is 0 Å². The van der Waals surface area contributed by atoms with Crippen LogP contribution in [-0.2, 0) is 4.74 Å². The van der Waals surface area contributed by atoms with Crippen molar-refractivity contribution in [2.24, 2.45) is 0 Å². The lowest BCUT2D eigenvalue weighted by Gasteiger charge is -2.29. The Bertz CT molecular complexity index is 471. The largest absolute Gasteiger partial charge is 0.444 e. The van der Waals surface area contributed by atoms with E-state index >= 15 is 0 Å². The van der Waals surface area contributed by atoms with Crippen LogP contribution < -0.4 is 0 Å². The first-order chi connectivity index (χ1) is 8.61. The minimum Gasteiger partial charge on any atom is -0.444 e. The van der Waals surface area contributed by atoms with Gasteiger partial charge in [0.25, 0.3) is 0 Å². The third-order valence-electron chi connectivity index (χ3n) is 2.68. The molecular weight excluding hydrogens is 313 g/mol. The molecule has 0 saturated carbocycles. The van der Waals surface area contributed by atoms with Crippen LogP contribution in [0, 0.1) is 5.82 Å². The first-order valence-corrected chi connectivity index (χ1v) is 6.82.